The van der Waals surface area contributed by atoms with Crippen molar-refractivity contribution < 1.29 is 14.3 Å². The minimum absolute atomic E-state index is 0.0735. The average Bonchev–Trinajstić information content (AvgIpc) is 2.54. The van der Waals surface area contributed by atoms with Crippen molar-refractivity contribution in [2.45, 2.75) is 19.9 Å². The quantitative estimate of drug-likeness (QED) is 0.809. The summed E-state index contributed by atoms with van der Waals surface area (Å²) in [5.41, 5.74) is 1.73. The molecule has 7 heteroatoms. The number of carbonyl (C=O) groups excluding carboxylic acids is 2. The number of amides is 1. The highest BCUT2D eigenvalue weighted by Crippen LogP contribution is 2.16. The topological polar surface area (TPSA) is 81.2 Å². The molecule has 1 aromatic carbocycles. The number of hydrogen-bond acceptors (Lipinski definition) is 5. The van der Waals surface area contributed by atoms with Crippen molar-refractivity contribution in [2.24, 2.45) is 0 Å². The second kappa shape index (κ2) is 7.82. The zero-order chi connectivity index (χ0) is 16.8. The number of nitrogens with zero attached hydrogens (tertiary/aromatic N) is 2. The van der Waals surface area contributed by atoms with Gasteiger partial charge >= 0.3 is 5.97 Å². The molecular formula is C16H16BrN3O3. The molecule has 120 valence electrons. The fraction of sp³-hybridized carbons (Fsp3) is 0.250. The van der Waals surface area contributed by atoms with E-state index in [0.717, 1.165) is 10.0 Å². The van der Waals surface area contributed by atoms with Gasteiger partial charge in [-0.3, -0.25) is 9.78 Å². The van der Waals surface area contributed by atoms with Crippen LogP contribution in [-0.4, -0.2) is 28.5 Å². The first-order chi connectivity index (χ1) is 11.0. The van der Waals surface area contributed by atoms with E-state index in [2.05, 4.69) is 31.2 Å². The highest BCUT2D eigenvalue weighted by Gasteiger charge is 2.14. The van der Waals surface area contributed by atoms with E-state index >= 15 is 0 Å². The van der Waals surface area contributed by atoms with E-state index in [-0.39, 0.29) is 24.2 Å². The third-order valence-corrected chi connectivity index (χ3v) is 3.60. The van der Waals surface area contributed by atoms with E-state index in [1.54, 1.807) is 6.92 Å². The van der Waals surface area contributed by atoms with Gasteiger partial charge in [0.2, 0.25) is 0 Å². The van der Waals surface area contributed by atoms with Gasteiger partial charge < -0.3 is 10.1 Å². The van der Waals surface area contributed by atoms with Gasteiger partial charge in [-0.25, -0.2) is 9.78 Å². The second-order valence-corrected chi connectivity index (χ2v) is 5.88. The van der Waals surface area contributed by atoms with Crippen LogP contribution in [0.5, 0.6) is 0 Å². The molecule has 0 fully saturated rings. The molecule has 0 bridgehead atoms. The lowest BCUT2D eigenvalue weighted by molar-refractivity contribution is -0.124. The lowest BCUT2D eigenvalue weighted by Crippen LogP contribution is -2.31. The molecule has 23 heavy (non-hydrogen) atoms. The largest absolute Gasteiger partial charge is 0.451 e. The Morgan fingerprint density at radius 1 is 1.22 bits per heavy atom. The zero-order valence-corrected chi connectivity index (χ0v) is 14.3. The van der Waals surface area contributed by atoms with E-state index in [9.17, 15) is 9.59 Å². The SMILES string of the molecule is Cc1cnc(C(=O)OCC(=O)N[C@H](C)c2ccc(Br)cc2)cn1. The summed E-state index contributed by atoms with van der Waals surface area (Å²) >= 11 is 3.36. The maximum absolute atomic E-state index is 11.8. The number of ether oxygens (including phenoxy) is 1. The highest BCUT2D eigenvalue weighted by atomic mass is 79.9. The molecule has 6 nitrogen and oxygen atoms in total. The fourth-order valence-corrected chi connectivity index (χ4v) is 2.09. The Hall–Kier alpha value is -2.28. The molecular weight excluding hydrogens is 362 g/mol. The molecule has 2 aromatic rings. The number of halogens is 1. The van der Waals surface area contributed by atoms with Gasteiger partial charge in [0.25, 0.3) is 5.91 Å². The molecule has 0 saturated heterocycles. The van der Waals surface area contributed by atoms with Gasteiger partial charge in [-0.05, 0) is 31.5 Å². The van der Waals surface area contributed by atoms with Gasteiger partial charge in [0, 0.05) is 10.7 Å². The summed E-state index contributed by atoms with van der Waals surface area (Å²) in [7, 11) is 0. The summed E-state index contributed by atoms with van der Waals surface area (Å²) in [6.07, 6.45) is 2.78. The number of benzene rings is 1. The molecule has 2 rings (SSSR count). The molecule has 1 heterocycles. The van der Waals surface area contributed by atoms with Gasteiger partial charge in [0.1, 0.15) is 0 Å². The average molecular weight is 378 g/mol. The van der Waals surface area contributed by atoms with E-state index in [4.69, 9.17) is 4.74 Å². The van der Waals surface area contributed by atoms with Crippen molar-refractivity contribution >= 4 is 27.8 Å². The minimum Gasteiger partial charge on any atom is -0.451 e. The molecule has 0 aliphatic heterocycles. The van der Waals surface area contributed by atoms with Crippen LogP contribution in [0.15, 0.2) is 41.1 Å². The van der Waals surface area contributed by atoms with Crippen LogP contribution in [0.1, 0.15) is 34.7 Å². The minimum atomic E-state index is -0.677. The van der Waals surface area contributed by atoms with Crippen molar-refractivity contribution in [3.63, 3.8) is 0 Å². The first-order valence-corrected chi connectivity index (χ1v) is 7.75. The molecule has 1 aromatic heterocycles. The second-order valence-electron chi connectivity index (χ2n) is 4.96. The van der Waals surface area contributed by atoms with Gasteiger partial charge in [0.05, 0.1) is 17.9 Å². The third-order valence-electron chi connectivity index (χ3n) is 3.07. The first-order valence-electron chi connectivity index (χ1n) is 6.96. The smallest absolute Gasteiger partial charge is 0.359 e. The van der Waals surface area contributed by atoms with Crippen molar-refractivity contribution in [1.29, 1.82) is 0 Å². The molecule has 1 amide bonds. The molecule has 0 radical (unpaired) electrons. The van der Waals surface area contributed by atoms with E-state index in [0.29, 0.717) is 5.69 Å². The number of aryl methyl sites for hydroxylation is 1. The predicted octanol–water partition coefficient (Wildman–Crippen LogP) is 2.58. The Balaban J connectivity index is 1.83. The number of rotatable bonds is 5. The molecule has 0 spiro atoms. The number of aromatic nitrogens is 2. The third kappa shape index (κ3) is 5.14. The number of nitrogens with one attached hydrogen (secondary N) is 1. The van der Waals surface area contributed by atoms with Crippen LogP contribution in [0.3, 0.4) is 0 Å². The Bertz CT molecular complexity index is 687. The summed E-state index contributed by atoms with van der Waals surface area (Å²) in [5, 5.41) is 2.76. The van der Waals surface area contributed by atoms with Gasteiger partial charge in [-0.1, -0.05) is 28.1 Å². The Kier molecular flexibility index (Phi) is 5.81. The van der Waals surface area contributed by atoms with Crippen LogP contribution < -0.4 is 5.32 Å². The number of esters is 1. The van der Waals surface area contributed by atoms with Crippen molar-refractivity contribution in [1.82, 2.24) is 15.3 Å². The van der Waals surface area contributed by atoms with E-state index < -0.39 is 5.97 Å². The van der Waals surface area contributed by atoms with Gasteiger partial charge in [-0.15, -0.1) is 0 Å². The van der Waals surface area contributed by atoms with Crippen LogP contribution in [0, 0.1) is 6.92 Å². The monoisotopic (exact) mass is 377 g/mol. The zero-order valence-electron chi connectivity index (χ0n) is 12.7. The fourth-order valence-electron chi connectivity index (χ4n) is 1.82. The molecule has 0 aliphatic carbocycles. The van der Waals surface area contributed by atoms with Crippen molar-refractivity contribution in [3.8, 4) is 0 Å². The van der Waals surface area contributed by atoms with Gasteiger partial charge in [-0.2, -0.15) is 0 Å². The van der Waals surface area contributed by atoms with Crippen LogP contribution in [0.4, 0.5) is 0 Å². The van der Waals surface area contributed by atoms with Crippen molar-refractivity contribution in [2.75, 3.05) is 6.61 Å². The highest BCUT2D eigenvalue weighted by molar-refractivity contribution is 9.10. The van der Waals surface area contributed by atoms with Crippen LogP contribution in [0.25, 0.3) is 0 Å². The Labute approximate surface area is 142 Å². The van der Waals surface area contributed by atoms with E-state index in [1.807, 2.05) is 31.2 Å². The molecule has 0 aliphatic rings. The van der Waals surface area contributed by atoms with Crippen LogP contribution in [-0.2, 0) is 9.53 Å². The summed E-state index contributed by atoms with van der Waals surface area (Å²) in [6, 6.07) is 7.42. The summed E-state index contributed by atoms with van der Waals surface area (Å²) in [4.78, 5) is 31.4. The molecule has 1 atom stereocenters. The predicted molar refractivity (Wildman–Crippen MR) is 87.8 cm³/mol. The number of hydrogen-bond donors (Lipinski definition) is 1. The van der Waals surface area contributed by atoms with Crippen molar-refractivity contribution in [3.05, 3.63) is 58.1 Å². The first kappa shape index (κ1) is 17.1. The summed E-state index contributed by atoms with van der Waals surface area (Å²) < 4.78 is 5.89. The molecule has 0 unspecified atom stereocenters. The summed E-state index contributed by atoms with van der Waals surface area (Å²) in [6.45, 7) is 3.25. The maximum atomic E-state index is 11.8. The van der Waals surface area contributed by atoms with E-state index in [1.165, 1.54) is 12.4 Å². The van der Waals surface area contributed by atoms with Crippen LogP contribution in [0.2, 0.25) is 0 Å². The molecule has 1 N–H and O–H groups in total. The lowest BCUT2D eigenvalue weighted by atomic mass is 10.1. The Morgan fingerprint density at radius 2 is 1.91 bits per heavy atom. The lowest BCUT2D eigenvalue weighted by Gasteiger charge is -2.14. The Morgan fingerprint density at radius 3 is 2.52 bits per heavy atom. The van der Waals surface area contributed by atoms with Crippen LogP contribution >= 0.6 is 15.9 Å². The van der Waals surface area contributed by atoms with Gasteiger partial charge in [0.15, 0.2) is 12.3 Å². The molecule has 0 saturated carbocycles. The normalized spacial score (nSPS) is 11.6. The summed E-state index contributed by atoms with van der Waals surface area (Å²) in [5.74, 6) is -1.06. The number of carbonyl (C=O) groups is 2. The standard InChI is InChI=1S/C16H16BrN3O3/c1-10-7-19-14(8-18-10)16(22)23-9-15(21)20-11(2)12-3-5-13(17)6-4-12/h3-8,11H,9H2,1-2H3,(H,20,21)/t11-/m1/s1. The maximum Gasteiger partial charge on any atom is 0.359 e.